The Morgan fingerprint density at radius 3 is 3.00 bits per heavy atom. The van der Waals surface area contributed by atoms with Gasteiger partial charge in [0.25, 0.3) is 0 Å². The summed E-state index contributed by atoms with van der Waals surface area (Å²) in [4.78, 5) is 15.9. The molecule has 0 aliphatic carbocycles. The van der Waals surface area contributed by atoms with Crippen LogP contribution in [0.15, 0.2) is 36.9 Å². The second-order valence-electron chi connectivity index (χ2n) is 5.04. The highest BCUT2D eigenvalue weighted by molar-refractivity contribution is 6.31. The van der Waals surface area contributed by atoms with Crippen LogP contribution < -0.4 is 15.4 Å². The van der Waals surface area contributed by atoms with Crippen molar-refractivity contribution in [3.05, 3.63) is 41.9 Å². The van der Waals surface area contributed by atoms with Gasteiger partial charge in [-0.25, -0.2) is 9.78 Å². The number of nitrogens with zero attached hydrogens (tertiary/aromatic N) is 2. The lowest BCUT2D eigenvalue weighted by Gasteiger charge is -2.15. The standard InChI is InChI=1S/C15H19ClN4O2/c1-11(9-20-6-5-17-10-20)8-18-15(21)19-13-7-12(16)3-4-14(13)22-2/h3-7,10-11H,8-9H2,1-2H3,(H2,18,19,21)/t11-/m1/s1. The van der Waals surface area contributed by atoms with Gasteiger partial charge in [0.1, 0.15) is 5.75 Å². The summed E-state index contributed by atoms with van der Waals surface area (Å²) < 4.78 is 7.16. The fourth-order valence-corrected chi connectivity index (χ4v) is 2.20. The Bertz CT molecular complexity index is 616. The molecule has 2 aromatic rings. The van der Waals surface area contributed by atoms with Gasteiger partial charge in [-0.2, -0.15) is 0 Å². The van der Waals surface area contributed by atoms with Crippen LogP contribution in [0.3, 0.4) is 0 Å². The van der Waals surface area contributed by atoms with Gasteiger partial charge in [0.15, 0.2) is 0 Å². The third-order valence-corrected chi connectivity index (χ3v) is 3.34. The molecule has 0 fully saturated rings. The van der Waals surface area contributed by atoms with Crippen molar-refractivity contribution >= 4 is 23.3 Å². The van der Waals surface area contributed by atoms with Crippen molar-refractivity contribution < 1.29 is 9.53 Å². The Hall–Kier alpha value is -2.21. The molecule has 6 nitrogen and oxygen atoms in total. The largest absolute Gasteiger partial charge is 0.495 e. The number of aromatic nitrogens is 2. The molecule has 22 heavy (non-hydrogen) atoms. The SMILES string of the molecule is COc1ccc(Cl)cc1NC(=O)NC[C@@H](C)Cn1ccnc1. The molecule has 1 aromatic heterocycles. The maximum Gasteiger partial charge on any atom is 0.319 e. The number of ether oxygens (including phenoxy) is 1. The van der Waals surface area contributed by atoms with Crippen molar-refractivity contribution in [1.82, 2.24) is 14.9 Å². The van der Waals surface area contributed by atoms with Crippen LogP contribution in [-0.2, 0) is 6.54 Å². The zero-order chi connectivity index (χ0) is 15.9. The molecule has 0 aliphatic heterocycles. The summed E-state index contributed by atoms with van der Waals surface area (Å²) in [5, 5.41) is 6.10. The number of benzene rings is 1. The molecule has 1 atom stereocenters. The Labute approximate surface area is 134 Å². The molecule has 7 heteroatoms. The molecule has 0 radical (unpaired) electrons. The third-order valence-electron chi connectivity index (χ3n) is 3.10. The summed E-state index contributed by atoms with van der Waals surface area (Å²) in [6.07, 6.45) is 5.39. The summed E-state index contributed by atoms with van der Waals surface area (Å²) in [7, 11) is 1.54. The molecule has 118 valence electrons. The lowest BCUT2D eigenvalue weighted by atomic mass is 10.2. The number of anilines is 1. The van der Waals surface area contributed by atoms with Crippen LogP contribution in [0, 0.1) is 5.92 Å². The molecule has 2 amide bonds. The quantitative estimate of drug-likeness (QED) is 0.859. The van der Waals surface area contributed by atoms with E-state index < -0.39 is 0 Å². The third kappa shape index (κ3) is 4.66. The maximum absolute atomic E-state index is 12.0. The van der Waals surface area contributed by atoms with Crippen molar-refractivity contribution in [2.45, 2.75) is 13.5 Å². The van der Waals surface area contributed by atoms with E-state index >= 15 is 0 Å². The molecule has 2 N–H and O–H groups in total. The number of rotatable bonds is 6. The second-order valence-corrected chi connectivity index (χ2v) is 5.48. The van der Waals surface area contributed by atoms with E-state index in [-0.39, 0.29) is 11.9 Å². The van der Waals surface area contributed by atoms with Crippen LogP contribution >= 0.6 is 11.6 Å². The molecule has 1 heterocycles. The van der Waals surface area contributed by atoms with Gasteiger partial charge in [-0.1, -0.05) is 18.5 Å². The first kappa shape index (κ1) is 16.2. The van der Waals surface area contributed by atoms with Crippen molar-refractivity contribution in [1.29, 1.82) is 0 Å². The molecule has 2 rings (SSSR count). The maximum atomic E-state index is 12.0. The van der Waals surface area contributed by atoms with Gasteiger partial charge < -0.3 is 19.9 Å². The van der Waals surface area contributed by atoms with E-state index in [0.717, 1.165) is 6.54 Å². The molecule has 0 saturated carbocycles. The van der Waals surface area contributed by atoms with Gasteiger partial charge in [-0.15, -0.1) is 0 Å². The molecular weight excluding hydrogens is 304 g/mol. The predicted molar refractivity (Wildman–Crippen MR) is 86.4 cm³/mol. The van der Waals surface area contributed by atoms with Gasteiger partial charge in [0, 0.05) is 30.5 Å². The van der Waals surface area contributed by atoms with Gasteiger partial charge in [0.05, 0.1) is 19.1 Å². The molecular formula is C15H19ClN4O2. The van der Waals surface area contributed by atoms with E-state index in [4.69, 9.17) is 16.3 Å². The van der Waals surface area contributed by atoms with Gasteiger partial charge in [0.2, 0.25) is 0 Å². The highest BCUT2D eigenvalue weighted by Gasteiger charge is 2.10. The number of urea groups is 1. The summed E-state index contributed by atoms with van der Waals surface area (Å²) in [5.41, 5.74) is 0.537. The Kier molecular flexibility index (Phi) is 5.66. The fraction of sp³-hybridized carbons (Fsp3) is 0.333. The number of nitrogens with one attached hydrogen (secondary N) is 2. The van der Waals surface area contributed by atoms with Crippen LogP contribution in [0.25, 0.3) is 0 Å². The Morgan fingerprint density at radius 2 is 2.32 bits per heavy atom. The van der Waals surface area contributed by atoms with Crippen molar-refractivity contribution in [3.63, 3.8) is 0 Å². The van der Waals surface area contributed by atoms with Crippen LogP contribution in [-0.4, -0.2) is 29.2 Å². The van der Waals surface area contributed by atoms with Crippen LogP contribution in [0.2, 0.25) is 5.02 Å². The van der Waals surface area contributed by atoms with Crippen LogP contribution in [0.5, 0.6) is 5.75 Å². The Morgan fingerprint density at radius 1 is 1.50 bits per heavy atom. The lowest BCUT2D eigenvalue weighted by molar-refractivity contribution is 0.249. The van der Waals surface area contributed by atoms with Crippen molar-refractivity contribution in [3.8, 4) is 5.75 Å². The average Bonchev–Trinajstić information content (AvgIpc) is 2.98. The van der Waals surface area contributed by atoms with E-state index in [9.17, 15) is 4.79 Å². The van der Waals surface area contributed by atoms with Gasteiger partial charge >= 0.3 is 6.03 Å². The first-order valence-corrected chi connectivity index (χ1v) is 7.30. The summed E-state index contributed by atoms with van der Waals surface area (Å²) in [6, 6.07) is 4.77. The van der Waals surface area contributed by atoms with Gasteiger partial charge in [-0.05, 0) is 24.1 Å². The minimum absolute atomic E-state index is 0.279. The topological polar surface area (TPSA) is 68.2 Å². The minimum atomic E-state index is -0.293. The van der Waals surface area contributed by atoms with Crippen molar-refractivity contribution in [2.24, 2.45) is 5.92 Å². The molecule has 0 aliphatic rings. The normalized spacial score (nSPS) is 11.8. The second kappa shape index (κ2) is 7.70. The van der Waals surface area contributed by atoms with E-state index in [2.05, 4.69) is 22.5 Å². The number of methoxy groups -OCH3 is 1. The molecule has 1 aromatic carbocycles. The molecule has 0 unspecified atom stereocenters. The number of imidazole rings is 1. The molecule has 0 saturated heterocycles. The number of amides is 2. The number of carbonyl (C=O) groups is 1. The first-order chi connectivity index (χ1) is 10.6. The summed E-state index contributed by atoms with van der Waals surface area (Å²) >= 11 is 5.93. The monoisotopic (exact) mass is 322 g/mol. The predicted octanol–water partition coefficient (Wildman–Crippen LogP) is 3.00. The number of carbonyl (C=O) groups excluding carboxylic acids is 1. The number of hydrogen-bond acceptors (Lipinski definition) is 3. The zero-order valence-electron chi connectivity index (χ0n) is 12.5. The lowest BCUT2D eigenvalue weighted by Crippen LogP contribution is -2.33. The number of hydrogen-bond donors (Lipinski definition) is 2. The number of halogens is 1. The Balaban J connectivity index is 1.84. The zero-order valence-corrected chi connectivity index (χ0v) is 13.3. The highest BCUT2D eigenvalue weighted by atomic mass is 35.5. The average molecular weight is 323 g/mol. The first-order valence-electron chi connectivity index (χ1n) is 6.92. The molecule has 0 spiro atoms. The van der Waals surface area contributed by atoms with E-state index in [1.54, 1.807) is 37.8 Å². The van der Waals surface area contributed by atoms with E-state index in [0.29, 0.717) is 23.0 Å². The van der Waals surface area contributed by atoms with E-state index in [1.165, 1.54) is 0 Å². The van der Waals surface area contributed by atoms with Crippen LogP contribution in [0.1, 0.15) is 6.92 Å². The fourth-order valence-electron chi connectivity index (χ4n) is 2.03. The van der Waals surface area contributed by atoms with Crippen molar-refractivity contribution in [2.75, 3.05) is 19.0 Å². The smallest absolute Gasteiger partial charge is 0.319 e. The van der Waals surface area contributed by atoms with Gasteiger partial charge in [-0.3, -0.25) is 0 Å². The highest BCUT2D eigenvalue weighted by Crippen LogP contribution is 2.27. The van der Waals surface area contributed by atoms with Crippen LogP contribution in [0.4, 0.5) is 10.5 Å². The summed E-state index contributed by atoms with van der Waals surface area (Å²) in [6.45, 7) is 3.40. The molecule has 0 bridgehead atoms. The minimum Gasteiger partial charge on any atom is -0.495 e. The summed E-state index contributed by atoms with van der Waals surface area (Å²) in [5.74, 6) is 0.840. The van der Waals surface area contributed by atoms with E-state index in [1.807, 2.05) is 10.8 Å².